The minimum Gasteiger partial charge on any atom is -0.494 e. The molecule has 2 heterocycles. The molecule has 1 saturated heterocycles. The van der Waals surface area contributed by atoms with Crippen LogP contribution in [0.2, 0.25) is 0 Å². The monoisotopic (exact) mass is 535 g/mol. The maximum Gasteiger partial charge on any atom is 0.404 e. The van der Waals surface area contributed by atoms with E-state index in [1.807, 2.05) is 11.9 Å². The van der Waals surface area contributed by atoms with Crippen molar-refractivity contribution in [3.63, 3.8) is 0 Å². The summed E-state index contributed by atoms with van der Waals surface area (Å²) in [5, 5.41) is 19.1. The number of hydrogen-bond donors (Lipinski definition) is 4. The molecule has 0 unspecified atom stereocenters. The molecule has 0 aliphatic carbocycles. The molecule has 1 aromatic carbocycles. The molecule has 3 amide bonds. The number of likely N-dealkylation sites (N-methyl/N-ethyl adjacent to an activating group) is 1. The van der Waals surface area contributed by atoms with E-state index in [1.165, 1.54) is 11.3 Å². The quantitative estimate of drug-likeness (QED) is 0.283. The Balaban J connectivity index is 1.71. The number of carbonyl (C=O) groups excluding carboxylic acids is 2. The number of thiazole rings is 1. The fourth-order valence-electron chi connectivity index (χ4n) is 3.53. The Bertz CT molecular complexity index is 1060. The van der Waals surface area contributed by atoms with E-state index in [0.717, 1.165) is 0 Å². The van der Waals surface area contributed by atoms with Crippen LogP contribution in [0.4, 0.5) is 15.6 Å². The summed E-state index contributed by atoms with van der Waals surface area (Å²) in [4.78, 5) is 43.0. The van der Waals surface area contributed by atoms with Crippen molar-refractivity contribution in [2.24, 2.45) is 0 Å². The van der Waals surface area contributed by atoms with Crippen molar-refractivity contribution in [1.29, 1.82) is 0 Å². The number of nitrogens with one attached hydrogen (secondary N) is 3. The van der Waals surface area contributed by atoms with Crippen molar-refractivity contribution in [2.75, 3.05) is 63.9 Å². The minimum atomic E-state index is -1.10. The van der Waals surface area contributed by atoms with Gasteiger partial charge in [-0.25, -0.2) is 9.78 Å². The predicted molar refractivity (Wildman–Crippen MR) is 139 cm³/mol. The summed E-state index contributed by atoms with van der Waals surface area (Å²) in [6, 6.07) is 4.80. The Labute approximate surface area is 219 Å². The Morgan fingerprint density at radius 2 is 2.00 bits per heavy atom. The van der Waals surface area contributed by atoms with Gasteiger partial charge < -0.3 is 40.2 Å². The van der Waals surface area contributed by atoms with Gasteiger partial charge in [0.2, 0.25) is 0 Å². The van der Waals surface area contributed by atoms with Crippen LogP contribution < -0.4 is 25.6 Å². The first-order chi connectivity index (χ1) is 17.9. The molecule has 1 aliphatic heterocycles. The fraction of sp³-hybridized carbons (Fsp3) is 0.500. The molecule has 37 heavy (non-hydrogen) atoms. The van der Waals surface area contributed by atoms with Gasteiger partial charge in [-0.1, -0.05) is 0 Å². The number of amides is 3. The number of anilines is 2. The average molecular weight is 536 g/mol. The lowest BCUT2D eigenvalue weighted by molar-refractivity contribution is 0.0696. The molecule has 202 valence electrons. The molecule has 12 nitrogen and oxygen atoms in total. The van der Waals surface area contributed by atoms with Gasteiger partial charge in [-0.15, -0.1) is 11.3 Å². The lowest BCUT2D eigenvalue weighted by Crippen LogP contribution is -2.39. The van der Waals surface area contributed by atoms with E-state index in [4.69, 9.17) is 19.3 Å². The van der Waals surface area contributed by atoms with Gasteiger partial charge in [0.15, 0.2) is 5.13 Å². The highest BCUT2D eigenvalue weighted by Gasteiger charge is 2.22. The van der Waals surface area contributed by atoms with Crippen molar-refractivity contribution in [2.45, 2.75) is 25.3 Å². The Morgan fingerprint density at radius 1 is 1.22 bits per heavy atom. The van der Waals surface area contributed by atoms with Gasteiger partial charge in [0.25, 0.3) is 11.8 Å². The van der Waals surface area contributed by atoms with Crippen LogP contribution in [0.25, 0.3) is 0 Å². The van der Waals surface area contributed by atoms with E-state index in [0.29, 0.717) is 62.2 Å². The third-order valence-corrected chi connectivity index (χ3v) is 6.54. The number of aromatic nitrogens is 1. The number of carboxylic acid groups (broad SMARTS) is 1. The highest BCUT2D eigenvalue weighted by atomic mass is 32.1. The molecule has 2 aromatic rings. The maximum absolute atomic E-state index is 13.2. The Morgan fingerprint density at radius 3 is 2.73 bits per heavy atom. The lowest BCUT2D eigenvalue weighted by Gasteiger charge is -2.23. The molecular formula is C24H33N5O7S. The molecule has 1 fully saturated rings. The van der Waals surface area contributed by atoms with Gasteiger partial charge in [0.1, 0.15) is 11.4 Å². The molecule has 4 N–H and O–H groups in total. The first-order valence-corrected chi connectivity index (χ1v) is 12.8. The van der Waals surface area contributed by atoms with Crippen LogP contribution in [0.15, 0.2) is 23.6 Å². The smallest absolute Gasteiger partial charge is 0.404 e. The molecule has 3 rings (SSSR count). The minimum absolute atomic E-state index is 0.0276. The van der Waals surface area contributed by atoms with Gasteiger partial charge in [0, 0.05) is 51.9 Å². The predicted octanol–water partition coefficient (Wildman–Crippen LogP) is 2.42. The van der Waals surface area contributed by atoms with Crippen molar-refractivity contribution >= 4 is 40.1 Å². The average Bonchev–Trinajstić information content (AvgIpc) is 3.39. The summed E-state index contributed by atoms with van der Waals surface area (Å²) < 4.78 is 16.2. The largest absolute Gasteiger partial charge is 0.494 e. The molecule has 13 heteroatoms. The summed E-state index contributed by atoms with van der Waals surface area (Å²) in [7, 11) is 3.49. The highest BCUT2D eigenvalue weighted by Crippen LogP contribution is 2.25. The molecule has 0 bridgehead atoms. The number of hydrogen-bond acceptors (Lipinski definition) is 9. The summed E-state index contributed by atoms with van der Waals surface area (Å²) in [6.45, 7) is 2.82. The summed E-state index contributed by atoms with van der Waals surface area (Å²) in [5.74, 6) is -0.337. The first kappa shape index (κ1) is 28.2. The number of carbonyl (C=O) groups is 3. The molecular weight excluding hydrogens is 502 g/mol. The second kappa shape index (κ2) is 14.4. The molecule has 0 spiro atoms. The van der Waals surface area contributed by atoms with Crippen molar-refractivity contribution < 1.29 is 33.7 Å². The number of nitrogens with zero attached hydrogens (tertiary/aromatic N) is 2. The molecule has 0 radical (unpaired) electrons. The van der Waals surface area contributed by atoms with E-state index in [2.05, 4.69) is 20.9 Å². The van der Waals surface area contributed by atoms with Crippen LogP contribution >= 0.6 is 11.3 Å². The molecule has 1 aromatic heterocycles. The summed E-state index contributed by atoms with van der Waals surface area (Å²) in [6.07, 6.45) is 0.775. The first-order valence-electron chi connectivity index (χ1n) is 12.0. The third-order valence-electron chi connectivity index (χ3n) is 5.59. The third kappa shape index (κ3) is 8.88. The van der Waals surface area contributed by atoms with Gasteiger partial charge in [-0.05, 0) is 37.5 Å². The number of rotatable bonds is 13. The normalized spacial score (nSPS) is 13.6. The van der Waals surface area contributed by atoms with Crippen LogP contribution in [0.3, 0.4) is 0 Å². The van der Waals surface area contributed by atoms with E-state index in [-0.39, 0.29) is 36.4 Å². The number of ether oxygens (including phenoxy) is 3. The van der Waals surface area contributed by atoms with Crippen LogP contribution in [0, 0.1) is 0 Å². The number of methoxy groups -OCH3 is 1. The Kier molecular flexibility index (Phi) is 10.9. The zero-order valence-corrected chi connectivity index (χ0v) is 21.8. The van der Waals surface area contributed by atoms with Gasteiger partial charge in [0.05, 0.1) is 24.5 Å². The fourth-order valence-corrected chi connectivity index (χ4v) is 4.33. The second-order valence-corrected chi connectivity index (χ2v) is 9.22. The topological polar surface area (TPSA) is 151 Å². The van der Waals surface area contributed by atoms with Crippen LogP contribution in [0.5, 0.6) is 5.75 Å². The maximum atomic E-state index is 13.2. The SMILES string of the molecule is COCCN(C)c1nc(C(=O)Nc2ccc(OCCCNC(=O)O)cc2C(=O)NC2CCOCC2)cs1. The zero-order chi connectivity index (χ0) is 26.6. The van der Waals surface area contributed by atoms with E-state index >= 15 is 0 Å². The standard InChI is InChI=1S/C24H33N5O7S/c1-29(9-13-34-2)23-28-20(15-37-23)22(31)27-19-5-4-17(36-10-3-8-25-24(32)33)14-18(19)21(30)26-16-6-11-35-12-7-16/h4-5,14-16,25H,3,6-13H2,1-2H3,(H,26,30)(H,27,31)(H,32,33). The highest BCUT2D eigenvalue weighted by molar-refractivity contribution is 7.13. The molecule has 1 aliphatic rings. The van der Waals surface area contributed by atoms with Gasteiger partial charge >= 0.3 is 6.09 Å². The Hall–Kier alpha value is -3.42. The van der Waals surface area contributed by atoms with E-state index < -0.39 is 12.0 Å². The summed E-state index contributed by atoms with van der Waals surface area (Å²) in [5.41, 5.74) is 0.830. The molecule has 0 saturated carbocycles. The summed E-state index contributed by atoms with van der Waals surface area (Å²) >= 11 is 1.34. The van der Waals surface area contributed by atoms with Crippen LogP contribution in [-0.4, -0.2) is 87.7 Å². The van der Waals surface area contributed by atoms with Crippen molar-refractivity contribution in [3.05, 3.63) is 34.8 Å². The van der Waals surface area contributed by atoms with Gasteiger partial charge in [-0.2, -0.15) is 0 Å². The lowest BCUT2D eigenvalue weighted by atomic mass is 10.1. The van der Waals surface area contributed by atoms with Crippen LogP contribution in [0.1, 0.15) is 40.1 Å². The van der Waals surface area contributed by atoms with E-state index in [9.17, 15) is 14.4 Å². The van der Waals surface area contributed by atoms with Crippen molar-refractivity contribution in [3.8, 4) is 5.75 Å². The van der Waals surface area contributed by atoms with Crippen molar-refractivity contribution in [1.82, 2.24) is 15.6 Å². The van der Waals surface area contributed by atoms with Crippen LogP contribution in [-0.2, 0) is 9.47 Å². The molecule has 0 atom stereocenters. The zero-order valence-electron chi connectivity index (χ0n) is 21.0. The number of benzene rings is 1. The van der Waals surface area contributed by atoms with E-state index in [1.54, 1.807) is 30.7 Å². The second-order valence-electron chi connectivity index (χ2n) is 8.39. The van der Waals surface area contributed by atoms with Gasteiger partial charge in [-0.3, -0.25) is 9.59 Å².